The Labute approximate surface area is 186 Å². The zero-order valence-electron chi connectivity index (χ0n) is 17.1. The van der Waals surface area contributed by atoms with Crippen LogP contribution in [0.2, 0.25) is 5.02 Å². The zero-order valence-corrected chi connectivity index (χ0v) is 17.8. The molecule has 6 N–H and O–H groups in total. The molecular formula is C23H25ClN6O. The predicted molar refractivity (Wildman–Crippen MR) is 121 cm³/mol. The number of rotatable bonds is 7. The van der Waals surface area contributed by atoms with Gasteiger partial charge in [-0.1, -0.05) is 54.1 Å². The highest BCUT2D eigenvalue weighted by atomic mass is 35.5. The first-order valence-corrected chi connectivity index (χ1v) is 10.4. The molecule has 1 amide bonds. The van der Waals surface area contributed by atoms with E-state index in [-0.39, 0.29) is 23.1 Å². The van der Waals surface area contributed by atoms with Crippen LogP contribution in [0.4, 0.5) is 0 Å². The number of benzene rings is 2. The van der Waals surface area contributed by atoms with Gasteiger partial charge >= 0.3 is 0 Å². The molecule has 0 bridgehead atoms. The van der Waals surface area contributed by atoms with Crippen LogP contribution in [0, 0.1) is 16.9 Å². The van der Waals surface area contributed by atoms with Crippen LogP contribution in [0.5, 0.6) is 0 Å². The van der Waals surface area contributed by atoms with Crippen LogP contribution in [-0.2, 0) is 11.2 Å². The molecule has 1 heterocycles. The number of likely N-dealkylation sites (tertiary alicyclic amines) is 1. The summed E-state index contributed by atoms with van der Waals surface area (Å²) in [5.41, 5.74) is 14.1. The highest BCUT2D eigenvalue weighted by molar-refractivity contribution is 6.31. The lowest BCUT2D eigenvalue weighted by Gasteiger charge is -2.30. The summed E-state index contributed by atoms with van der Waals surface area (Å²) in [5, 5.41) is 21.4. The minimum Gasteiger partial charge on any atom is -0.385 e. The van der Waals surface area contributed by atoms with E-state index in [0.29, 0.717) is 30.1 Å². The molecule has 1 unspecified atom stereocenters. The molecule has 1 aliphatic rings. The molecule has 1 aliphatic heterocycles. The predicted octanol–water partition coefficient (Wildman–Crippen LogP) is 2.49. The number of primary amides is 1. The lowest BCUT2D eigenvalue weighted by Crippen LogP contribution is -2.46. The van der Waals surface area contributed by atoms with Gasteiger partial charge < -0.3 is 21.7 Å². The molecule has 1 fully saturated rings. The normalized spacial score (nSPS) is 16.8. The average Bonchev–Trinajstić information content (AvgIpc) is 2.75. The topological polar surface area (TPSA) is 132 Å². The van der Waals surface area contributed by atoms with Gasteiger partial charge in [0.25, 0.3) is 5.91 Å². The Hall–Kier alpha value is -3.50. The third-order valence-electron chi connectivity index (χ3n) is 5.28. The molecule has 8 heteroatoms. The number of carbonyl (C=O) groups excluding carboxylic acids is 1. The lowest BCUT2D eigenvalue weighted by atomic mass is 9.98. The van der Waals surface area contributed by atoms with E-state index in [2.05, 4.69) is 11.5 Å². The molecule has 0 spiro atoms. The molecule has 160 valence electrons. The van der Waals surface area contributed by atoms with E-state index in [9.17, 15) is 4.79 Å². The van der Waals surface area contributed by atoms with Crippen molar-refractivity contribution in [2.24, 2.45) is 11.5 Å². The van der Waals surface area contributed by atoms with Crippen molar-refractivity contribution in [3.63, 3.8) is 0 Å². The van der Waals surface area contributed by atoms with Crippen molar-refractivity contribution in [2.75, 3.05) is 13.1 Å². The lowest BCUT2D eigenvalue weighted by molar-refractivity contribution is -0.114. The molecular weight excluding hydrogens is 412 g/mol. The first-order chi connectivity index (χ1) is 14.9. The zero-order chi connectivity index (χ0) is 22.4. The van der Waals surface area contributed by atoms with Gasteiger partial charge in [0, 0.05) is 29.7 Å². The van der Waals surface area contributed by atoms with Gasteiger partial charge in [-0.3, -0.25) is 10.2 Å². The summed E-state index contributed by atoms with van der Waals surface area (Å²) in [4.78, 5) is 13.7. The number of halogens is 1. The van der Waals surface area contributed by atoms with Crippen LogP contribution < -0.4 is 16.8 Å². The van der Waals surface area contributed by atoms with Gasteiger partial charge in [-0.15, -0.1) is 0 Å². The van der Waals surface area contributed by atoms with Gasteiger partial charge in [0.05, 0.1) is 5.71 Å². The second-order valence-electron chi connectivity index (χ2n) is 7.52. The van der Waals surface area contributed by atoms with Crippen LogP contribution in [0.15, 0.2) is 59.9 Å². The van der Waals surface area contributed by atoms with Gasteiger partial charge in [-0.05, 0) is 36.5 Å². The van der Waals surface area contributed by atoms with Crippen LogP contribution >= 0.6 is 11.6 Å². The Bertz CT molecular complexity index is 1040. The number of nitriles is 1. The SMILES string of the molecule is N#CN1CCCC(N/C(N)=C(\C(=N)c2ccc(Cc3ccccc3Cl)cc2)C(N)=O)C1. The van der Waals surface area contributed by atoms with Crippen molar-refractivity contribution in [2.45, 2.75) is 25.3 Å². The molecule has 0 saturated carbocycles. The highest BCUT2D eigenvalue weighted by Gasteiger charge is 2.23. The van der Waals surface area contributed by atoms with E-state index < -0.39 is 5.91 Å². The minimum absolute atomic E-state index is 0.0465. The molecule has 0 aliphatic carbocycles. The third kappa shape index (κ3) is 5.56. The number of nitrogens with zero attached hydrogens (tertiary/aromatic N) is 2. The second kappa shape index (κ2) is 10.0. The quantitative estimate of drug-likeness (QED) is 0.300. The van der Waals surface area contributed by atoms with Crippen LogP contribution in [-0.4, -0.2) is 35.7 Å². The Morgan fingerprint density at radius 3 is 2.58 bits per heavy atom. The number of piperidine rings is 1. The maximum Gasteiger partial charge on any atom is 0.254 e. The molecule has 1 atom stereocenters. The van der Waals surface area contributed by atoms with Crippen molar-refractivity contribution >= 4 is 23.2 Å². The Kier molecular flexibility index (Phi) is 7.16. The van der Waals surface area contributed by atoms with Crippen molar-refractivity contribution in [1.82, 2.24) is 10.2 Å². The van der Waals surface area contributed by atoms with E-state index >= 15 is 0 Å². The Morgan fingerprint density at radius 2 is 1.94 bits per heavy atom. The van der Waals surface area contributed by atoms with Gasteiger partial charge in [0.2, 0.25) is 0 Å². The standard InChI is InChI=1S/C23H25ClN6O/c24-19-6-2-1-4-17(19)12-15-7-9-16(10-8-15)21(26)20(23(28)31)22(27)29-18-5-3-11-30(13-18)14-25/h1-2,4,6-10,18,26,29H,3,5,11-13,27H2,(H2,28,31)/b22-20+,26-21?. The van der Waals surface area contributed by atoms with Crippen LogP contribution in [0.25, 0.3) is 0 Å². The van der Waals surface area contributed by atoms with E-state index in [4.69, 9.17) is 33.7 Å². The Morgan fingerprint density at radius 1 is 1.23 bits per heavy atom. The molecule has 7 nitrogen and oxygen atoms in total. The number of amides is 1. The first-order valence-electron chi connectivity index (χ1n) is 10.0. The summed E-state index contributed by atoms with van der Waals surface area (Å²) in [6.07, 6.45) is 4.44. The molecule has 1 saturated heterocycles. The number of hydrogen-bond acceptors (Lipinski definition) is 6. The smallest absolute Gasteiger partial charge is 0.254 e. The van der Waals surface area contributed by atoms with Crippen LogP contribution in [0.1, 0.15) is 29.5 Å². The van der Waals surface area contributed by atoms with Crippen molar-refractivity contribution in [1.29, 1.82) is 10.7 Å². The number of carbonyl (C=O) groups is 1. The highest BCUT2D eigenvalue weighted by Crippen LogP contribution is 2.20. The third-order valence-corrected chi connectivity index (χ3v) is 5.65. The molecule has 31 heavy (non-hydrogen) atoms. The summed E-state index contributed by atoms with van der Waals surface area (Å²) >= 11 is 6.23. The number of nitrogens with two attached hydrogens (primary N) is 2. The molecule has 2 aromatic rings. The summed E-state index contributed by atoms with van der Waals surface area (Å²) in [5.74, 6) is -0.717. The summed E-state index contributed by atoms with van der Waals surface area (Å²) < 4.78 is 0. The number of nitrogens with one attached hydrogen (secondary N) is 2. The van der Waals surface area contributed by atoms with E-state index in [0.717, 1.165) is 24.0 Å². The molecule has 3 rings (SSSR count). The molecule has 0 radical (unpaired) electrons. The second-order valence-corrected chi connectivity index (χ2v) is 7.93. The minimum atomic E-state index is -0.775. The van der Waals surface area contributed by atoms with E-state index in [1.165, 1.54) is 0 Å². The van der Waals surface area contributed by atoms with E-state index in [1.54, 1.807) is 17.0 Å². The first kappa shape index (κ1) is 22.2. The van der Waals surface area contributed by atoms with Gasteiger partial charge in [-0.2, -0.15) is 5.26 Å². The van der Waals surface area contributed by atoms with Crippen molar-refractivity contribution in [3.8, 4) is 6.19 Å². The van der Waals surface area contributed by atoms with Crippen molar-refractivity contribution in [3.05, 3.63) is 81.6 Å². The van der Waals surface area contributed by atoms with E-state index in [1.807, 2.05) is 36.4 Å². The van der Waals surface area contributed by atoms with Crippen molar-refractivity contribution < 1.29 is 4.79 Å². The van der Waals surface area contributed by atoms with Gasteiger partial charge in [-0.25, -0.2) is 0 Å². The average molecular weight is 437 g/mol. The maximum atomic E-state index is 12.1. The Balaban J connectivity index is 1.76. The monoisotopic (exact) mass is 436 g/mol. The van der Waals surface area contributed by atoms with Gasteiger partial charge in [0.15, 0.2) is 6.19 Å². The summed E-state index contributed by atoms with van der Waals surface area (Å²) in [6, 6.07) is 14.9. The molecule has 2 aromatic carbocycles. The largest absolute Gasteiger partial charge is 0.385 e. The fraction of sp³-hybridized carbons (Fsp3) is 0.261. The fourth-order valence-corrected chi connectivity index (χ4v) is 3.87. The van der Waals surface area contributed by atoms with Gasteiger partial charge in [0.1, 0.15) is 11.4 Å². The summed E-state index contributed by atoms with van der Waals surface area (Å²) in [7, 11) is 0. The van der Waals surface area contributed by atoms with Crippen LogP contribution in [0.3, 0.4) is 0 Å². The molecule has 0 aromatic heterocycles. The maximum absolute atomic E-state index is 12.1. The summed E-state index contributed by atoms with van der Waals surface area (Å²) in [6.45, 7) is 1.20. The number of hydrogen-bond donors (Lipinski definition) is 4. The fourth-order valence-electron chi connectivity index (χ4n) is 3.66.